The first-order valence-corrected chi connectivity index (χ1v) is 8.00. The molecule has 1 atom stereocenters. The van der Waals surface area contributed by atoms with Crippen LogP contribution in [0.25, 0.3) is 0 Å². The van der Waals surface area contributed by atoms with Crippen LogP contribution in [0.1, 0.15) is 37.0 Å². The molecule has 0 spiro atoms. The Morgan fingerprint density at radius 1 is 1.29 bits per heavy atom. The van der Waals surface area contributed by atoms with E-state index in [1.807, 2.05) is 24.3 Å². The second kappa shape index (κ2) is 6.05. The molecule has 0 aliphatic heterocycles. The lowest BCUT2D eigenvalue weighted by Gasteiger charge is -2.22. The van der Waals surface area contributed by atoms with Crippen LogP contribution >= 0.6 is 6.72 Å². The minimum Gasteiger partial charge on any atom is -0.328 e. The standard InChI is InChI=1S/C11H18NO3PS/c1-8(2)9-5-3-4-6-10(9)11(7-12)15-16(13,14)17/h3-6,8,11H,7,12H2,1-2H3,(H2,13,14,17). The molecule has 0 aliphatic carbocycles. The third-order valence-electron chi connectivity index (χ3n) is 2.44. The smallest absolute Gasteiger partial charge is 0.322 e. The third kappa shape index (κ3) is 4.47. The molecule has 0 fully saturated rings. The van der Waals surface area contributed by atoms with E-state index < -0.39 is 12.8 Å². The molecule has 6 heteroatoms. The van der Waals surface area contributed by atoms with E-state index >= 15 is 0 Å². The van der Waals surface area contributed by atoms with E-state index in [1.165, 1.54) is 0 Å². The van der Waals surface area contributed by atoms with Crippen LogP contribution in [0, 0.1) is 0 Å². The zero-order chi connectivity index (χ0) is 13.1. The summed E-state index contributed by atoms with van der Waals surface area (Å²) in [6.45, 7) is 0.567. The molecule has 4 N–H and O–H groups in total. The lowest BCUT2D eigenvalue weighted by atomic mass is 9.94. The maximum Gasteiger partial charge on any atom is 0.322 e. The van der Waals surface area contributed by atoms with E-state index in [0.29, 0.717) is 5.92 Å². The van der Waals surface area contributed by atoms with E-state index in [2.05, 4.69) is 25.7 Å². The zero-order valence-electron chi connectivity index (χ0n) is 9.91. The molecule has 0 saturated carbocycles. The second-order valence-corrected chi connectivity index (χ2v) is 6.72. The fourth-order valence-corrected chi connectivity index (χ4v) is 2.57. The zero-order valence-corrected chi connectivity index (χ0v) is 11.6. The van der Waals surface area contributed by atoms with E-state index in [1.54, 1.807) is 0 Å². The highest BCUT2D eigenvalue weighted by Gasteiger charge is 2.21. The molecule has 0 saturated heterocycles. The average molecular weight is 275 g/mol. The van der Waals surface area contributed by atoms with Gasteiger partial charge in [0.15, 0.2) is 0 Å². The molecule has 1 unspecified atom stereocenters. The van der Waals surface area contributed by atoms with E-state index in [4.69, 9.17) is 10.3 Å². The van der Waals surface area contributed by atoms with Crippen molar-refractivity contribution in [3.05, 3.63) is 35.4 Å². The summed E-state index contributed by atoms with van der Waals surface area (Å²) in [6.07, 6.45) is -0.575. The number of nitrogens with two attached hydrogens (primary N) is 1. The number of hydrogen-bond acceptors (Lipinski definition) is 3. The topological polar surface area (TPSA) is 75.7 Å². The molecule has 0 heterocycles. The van der Waals surface area contributed by atoms with Crippen LogP contribution in [-0.2, 0) is 16.3 Å². The van der Waals surface area contributed by atoms with Gasteiger partial charge in [0.1, 0.15) is 6.10 Å². The SMILES string of the molecule is CC(C)c1ccccc1C(CN)OP(O)(O)=S. The first-order chi connectivity index (χ1) is 7.85. The van der Waals surface area contributed by atoms with Gasteiger partial charge in [-0.2, -0.15) is 0 Å². The molecule has 17 heavy (non-hydrogen) atoms. The summed E-state index contributed by atoms with van der Waals surface area (Å²) in [5.41, 5.74) is 7.54. The molecule has 1 rings (SSSR count). The predicted octanol–water partition coefficient (Wildman–Crippen LogP) is 2.04. The van der Waals surface area contributed by atoms with Crippen LogP contribution in [0.3, 0.4) is 0 Å². The van der Waals surface area contributed by atoms with Gasteiger partial charge in [0, 0.05) is 6.54 Å². The van der Waals surface area contributed by atoms with Gasteiger partial charge in [-0.25, -0.2) is 0 Å². The minimum absolute atomic E-state index is 0.156. The first kappa shape index (κ1) is 14.8. The Morgan fingerprint density at radius 2 is 1.82 bits per heavy atom. The van der Waals surface area contributed by atoms with Gasteiger partial charge in [-0.05, 0) is 28.9 Å². The van der Waals surface area contributed by atoms with Crippen molar-refractivity contribution in [1.29, 1.82) is 0 Å². The lowest BCUT2D eigenvalue weighted by molar-refractivity contribution is 0.175. The Bertz CT molecular complexity index is 419. The van der Waals surface area contributed by atoms with E-state index in [-0.39, 0.29) is 6.54 Å². The van der Waals surface area contributed by atoms with E-state index in [9.17, 15) is 9.79 Å². The van der Waals surface area contributed by atoms with Crippen LogP contribution in [0.2, 0.25) is 0 Å². The highest BCUT2D eigenvalue weighted by Crippen LogP contribution is 2.43. The van der Waals surface area contributed by atoms with Crippen molar-refractivity contribution >= 4 is 18.5 Å². The summed E-state index contributed by atoms with van der Waals surface area (Å²) in [5.74, 6) is 0.305. The van der Waals surface area contributed by atoms with Crippen molar-refractivity contribution in [3.63, 3.8) is 0 Å². The molecule has 96 valence electrons. The van der Waals surface area contributed by atoms with Gasteiger partial charge in [0.05, 0.1) is 0 Å². The molecule has 1 aromatic rings. The largest absolute Gasteiger partial charge is 0.328 e. The Labute approximate surface area is 107 Å². The highest BCUT2D eigenvalue weighted by atomic mass is 32.5. The van der Waals surface area contributed by atoms with Crippen molar-refractivity contribution in [1.82, 2.24) is 0 Å². The fraction of sp³-hybridized carbons (Fsp3) is 0.455. The van der Waals surface area contributed by atoms with Crippen molar-refractivity contribution in [3.8, 4) is 0 Å². The van der Waals surface area contributed by atoms with Crippen LogP contribution in [0.5, 0.6) is 0 Å². The van der Waals surface area contributed by atoms with Crippen molar-refractivity contribution in [2.24, 2.45) is 5.73 Å². The minimum atomic E-state index is -3.70. The molecule has 1 aromatic carbocycles. The van der Waals surface area contributed by atoms with Crippen molar-refractivity contribution < 1.29 is 14.3 Å². The van der Waals surface area contributed by atoms with Gasteiger partial charge in [-0.15, -0.1) is 0 Å². The highest BCUT2D eigenvalue weighted by molar-refractivity contribution is 8.06. The molecular formula is C11H18NO3PS. The van der Waals surface area contributed by atoms with E-state index in [0.717, 1.165) is 11.1 Å². The van der Waals surface area contributed by atoms with Gasteiger partial charge in [0.2, 0.25) is 0 Å². The van der Waals surface area contributed by atoms with Crippen molar-refractivity contribution in [2.75, 3.05) is 6.54 Å². The summed E-state index contributed by atoms with van der Waals surface area (Å²) in [7, 11) is 0. The first-order valence-electron chi connectivity index (χ1n) is 5.38. The van der Waals surface area contributed by atoms with Crippen LogP contribution in [0.4, 0.5) is 0 Å². The average Bonchev–Trinajstić information content (AvgIpc) is 2.24. The Morgan fingerprint density at radius 3 is 2.24 bits per heavy atom. The molecular weight excluding hydrogens is 257 g/mol. The van der Waals surface area contributed by atoms with Crippen molar-refractivity contribution in [2.45, 2.75) is 25.9 Å². The number of hydrogen-bond donors (Lipinski definition) is 3. The Balaban J connectivity index is 3.07. The third-order valence-corrected chi connectivity index (χ3v) is 3.23. The summed E-state index contributed by atoms with van der Waals surface area (Å²) in [5, 5.41) is 0. The van der Waals surface area contributed by atoms with Gasteiger partial charge in [0.25, 0.3) is 0 Å². The summed E-state index contributed by atoms with van der Waals surface area (Å²) in [6, 6.07) is 7.65. The summed E-state index contributed by atoms with van der Waals surface area (Å²) in [4.78, 5) is 18.4. The van der Waals surface area contributed by atoms with Gasteiger partial charge >= 0.3 is 6.72 Å². The molecule has 0 amide bonds. The second-order valence-electron chi connectivity index (χ2n) is 4.10. The number of rotatable bonds is 5. The molecule has 4 nitrogen and oxygen atoms in total. The quantitative estimate of drug-likeness (QED) is 0.717. The summed E-state index contributed by atoms with van der Waals surface area (Å²) >= 11 is 4.48. The van der Waals surface area contributed by atoms with Gasteiger partial charge < -0.3 is 15.5 Å². The van der Waals surface area contributed by atoms with Crippen LogP contribution in [0.15, 0.2) is 24.3 Å². The Hall–Kier alpha value is -0.290. The molecule has 0 radical (unpaired) electrons. The molecule has 0 aliphatic rings. The lowest BCUT2D eigenvalue weighted by Crippen LogP contribution is -2.16. The summed E-state index contributed by atoms with van der Waals surface area (Å²) < 4.78 is 5.08. The Kier molecular flexibility index (Phi) is 5.25. The van der Waals surface area contributed by atoms with Crippen LogP contribution < -0.4 is 5.73 Å². The predicted molar refractivity (Wildman–Crippen MR) is 72.1 cm³/mol. The van der Waals surface area contributed by atoms with Crippen LogP contribution in [-0.4, -0.2) is 16.3 Å². The monoisotopic (exact) mass is 275 g/mol. The molecule has 0 bridgehead atoms. The number of benzene rings is 1. The fourth-order valence-electron chi connectivity index (χ4n) is 1.72. The normalized spacial score (nSPS) is 14.0. The maximum absolute atomic E-state index is 9.21. The van der Waals surface area contributed by atoms with Gasteiger partial charge in [-0.3, -0.25) is 4.52 Å². The van der Waals surface area contributed by atoms with Gasteiger partial charge in [-0.1, -0.05) is 38.1 Å². The molecule has 0 aromatic heterocycles. The maximum atomic E-state index is 9.21.